The Kier molecular flexibility index (Phi) is 6.34. The Hall–Kier alpha value is -1.34. The van der Waals surface area contributed by atoms with E-state index < -0.39 is 0 Å². The SMILES string of the molecule is CCSCCC(C#N)Nc1ccc(OC)cc1. The van der Waals surface area contributed by atoms with E-state index in [1.54, 1.807) is 7.11 Å². The molecule has 1 atom stereocenters. The third-order valence-electron chi connectivity index (χ3n) is 2.34. The van der Waals surface area contributed by atoms with E-state index in [-0.39, 0.29) is 6.04 Å². The topological polar surface area (TPSA) is 45.0 Å². The van der Waals surface area contributed by atoms with Crippen molar-refractivity contribution in [2.45, 2.75) is 19.4 Å². The van der Waals surface area contributed by atoms with Crippen molar-refractivity contribution < 1.29 is 4.74 Å². The van der Waals surface area contributed by atoms with Gasteiger partial charge >= 0.3 is 0 Å². The molecule has 1 rings (SSSR count). The maximum absolute atomic E-state index is 9.04. The summed E-state index contributed by atoms with van der Waals surface area (Å²) in [5.41, 5.74) is 0.957. The van der Waals surface area contributed by atoms with Gasteiger partial charge in [0.1, 0.15) is 11.8 Å². The van der Waals surface area contributed by atoms with Crippen LogP contribution in [0.1, 0.15) is 13.3 Å². The summed E-state index contributed by atoms with van der Waals surface area (Å²) in [6.45, 7) is 2.13. The predicted octanol–water partition coefficient (Wildman–Crippen LogP) is 3.14. The Labute approximate surface area is 107 Å². The number of rotatable bonds is 7. The average molecular weight is 250 g/mol. The summed E-state index contributed by atoms with van der Waals surface area (Å²) >= 11 is 1.86. The molecule has 0 spiro atoms. The highest BCUT2D eigenvalue weighted by Crippen LogP contribution is 2.16. The molecule has 1 unspecified atom stereocenters. The molecular formula is C13H18N2OS. The molecule has 92 valence electrons. The highest BCUT2D eigenvalue weighted by Gasteiger charge is 2.06. The number of anilines is 1. The lowest BCUT2D eigenvalue weighted by atomic mass is 10.2. The van der Waals surface area contributed by atoms with Crippen LogP contribution in [0.25, 0.3) is 0 Å². The normalized spacial score (nSPS) is 11.6. The minimum Gasteiger partial charge on any atom is -0.497 e. The smallest absolute Gasteiger partial charge is 0.119 e. The van der Waals surface area contributed by atoms with Crippen molar-refractivity contribution in [1.29, 1.82) is 5.26 Å². The Balaban J connectivity index is 2.46. The summed E-state index contributed by atoms with van der Waals surface area (Å²) in [4.78, 5) is 0. The van der Waals surface area contributed by atoms with Gasteiger partial charge in [0, 0.05) is 5.69 Å². The van der Waals surface area contributed by atoms with Gasteiger partial charge in [-0.3, -0.25) is 0 Å². The molecule has 0 aliphatic rings. The molecule has 1 aromatic carbocycles. The van der Waals surface area contributed by atoms with Gasteiger partial charge in [0.2, 0.25) is 0 Å². The second-order valence-corrected chi connectivity index (χ2v) is 4.93. The van der Waals surface area contributed by atoms with Crippen molar-refractivity contribution in [3.63, 3.8) is 0 Å². The standard InChI is InChI=1S/C13H18N2OS/c1-3-17-9-8-12(10-14)15-11-4-6-13(16-2)7-5-11/h4-7,12,15H,3,8-9H2,1-2H3. The summed E-state index contributed by atoms with van der Waals surface area (Å²) in [7, 11) is 1.64. The third-order valence-corrected chi connectivity index (χ3v) is 3.27. The summed E-state index contributed by atoms with van der Waals surface area (Å²) in [5, 5.41) is 12.2. The molecule has 1 N–H and O–H groups in total. The van der Waals surface area contributed by atoms with Crippen molar-refractivity contribution in [3.05, 3.63) is 24.3 Å². The molecule has 4 heteroatoms. The van der Waals surface area contributed by atoms with Crippen LogP contribution >= 0.6 is 11.8 Å². The van der Waals surface area contributed by atoms with Gasteiger partial charge in [-0.05, 0) is 42.2 Å². The molecule has 1 aromatic rings. The largest absolute Gasteiger partial charge is 0.497 e. The first-order valence-electron chi connectivity index (χ1n) is 5.68. The van der Waals surface area contributed by atoms with Crippen molar-refractivity contribution in [2.24, 2.45) is 0 Å². The van der Waals surface area contributed by atoms with Gasteiger partial charge < -0.3 is 10.1 Å². The van der Waals surface area contributed by atoms with Crippen LogP contribution in [0, 0.1) is 11.3 Å². The molecule has 0 saturated heterocycles. The van der Waals surface area contributed by atoms with Crippen LogP contribution in [0.3, 0.4) is 0 Å². The second kappa shape index (κ2) is 7.86. The van der Waals surface area contributed by atoms with E-state index in [9.17, 15) is 0 Å². The number of hydrogen-bond donors (Lipinski definition) is 1. The summed E-state index contributed by atoms with van der Waals surface area (Å²) in [6, 6.07) is 9.79. The van der Waals surface area contributed by atoms with Crippen LogP contribution in [-0.4, -0.2) is 24.7 Å². The molecule has 0 radical (unpaired) electrons. The van der Waals surface area contributed by atoms with E-state index in [2.05, 4.69) is 18.3 Å². The lowest BCUT2D eigenvalue weighted by Gasteiger charge is -2.12. The molecular weight excluding hydrogens is 232 g/mol. The van der Waals surface area contributed by atoms with Gasteiger partial charge in [-0.1, -0.05) is 6.92 Å². The van der Waals surface area contributed by atoms with Crippen LogP contribution < -0.4 is 10.1 Å². The third kappa shape index (κ3) is 5.01. The lowest BCUT2D eigenvalue weighted by molar-refractivity contribution is 0.415. The van der Waals surface area contributed by atoms with Gasteiger partial charge in [-0.25, -0.2) is 0 Å². The van der Waals surface area contributed by atoms with Crippen LogP contribution in [0.5, 0.6) is 5.75 Å². The number of nitriles is 1. The first-order valence-corrected chi connectivity index (χ1v) is 6.83. The molecule has 0 heterocycles. The molecule has 0 aliphatic heterocycles. The minimum absolute atomic E-state index is 0.123. The Morgan fingerprint density at radius 3 is 2.65 bits per heavy atom. The van der Waals surface area contributed by atoms with Gasteiger partial charge in [-0.2, -0.15) is 17.0 Å². The lowest BCUT2D eigenvalue weighted by Crippen LogP contribution is -2.17. The van der Waals surface area contributed by atoms with Crippen LogP contribution in [0.2, 0.25) is 0 Å². The van der Waals surface area contributed by atoms with Gasteiger partial charge in [-0.15, -0.1) is 0 Å². The second-order valence-electron chi connectivity index (χ2n) is 3.54. The highest BCUT2D eigenvalue weighted by molar-refractivity contribution is 7.99. The summed E-state index contributed by atoms with van der Waals surface area (Å²) in [5.74, 6) is 2.93. The first-order chi connectivity index (χ1) is 8.30. The quantitative estimate of drug-likeness (QED) is 0.755. The Morgan fingerprint density at radius 1 is 1.41 bits per heavy atom. The minimum atomic E-state index is -0.123. The average Bonchev–Trinajstić information content (AvgIpc) is 2.38. The molecule has 0 aromatic heterocycles. The van der Waals surface area contributed by atoms with Gasteiger partial charge in [0.25, 0.3) is 0 Å². The number of nitrogens with one attached hydrogen (secondary N) is 1. The van der Waals surface area contributed by atoms with Crippen molar-refractivity contribution in [3.8, 4) is 11.8 Å². The predicted molar refractivity (Wildman–Crippen MR) is 73.6 cm³/mol. The monoisotopic (exact) mass is 250 g/mol. The Morgan fingerprint density at radius 2 is 2.12 bits per heavy atom. The maximum atomic E-state index is 9.04. The van der Waals surface area contributed by atoms with E-state index in [1.807, 2.05) is 36.0 Å². The number of thioether (sulfide) groups is 1. The molecule has 17 heavy (non-hydrogen) atoms. The summed E-state index contributed by atoms with van der Waals surface area (Å²) < 4.78 is 5.08. The van der Waals surface area contributed by atoms with E-state index >= 15 is 0 Å². The molecule has 0 aliphatic carbocycles. The van der Waals surface area contributed by atoms with Gasteiger partial charge in [0.15, 0.2) is 0 Å². The van der Waals surface area contributed by atoms with Gasteiger partial charge in [0.05, 0.1) is 13.2 Å². The molecule has 0 fully saturated rings. The first kappa shape index (κ1) is 13.7. The zero-order valence-electron chi connectivity index (χ0n) is 10.3. The molecule has 0 amide bonds. The maximum Gasteiger partial charge on any atom is 0.119 e. The van der Waals surface area contributed by atoms with Crippen molar-refractivity contribution >= 4 is 17.4 Å². The summed E-state index contributed by atoms with van der Waals surface area (Å²) in [6.07, 6.45) is 0.862. The zero-order chi connectivity index (χ0) is 12.5. The zero-order valence-corrected chi connectivity index (χ0v) is 11.1. The number of nitrogens with zero attached hydrogens (tertiary/aromatic N) is 1. The van der Waals surface area contributed by atoms with Crippen molar-refractivity contribution in [1.82, 2.24) is 0 Å². The fourth-order valence-electron chi connectivity index (χ4n) is 1.40. The number of benzene rings is 1. The molecule has 3 nitrogen and oxygen atoms in total. The fraction of sp³-hybridized carbons (Fsp3) is 0.462. The van der Waals surface area contributed by atoms with E-state index in [4.69, 9.17) is 10.00 Å². The molecule has 0 saturated carbocycles. The van der Waals surface area contributed by atoms with Crippen LogP contribution in [0.4, 0.5) is 5.69 Å². The number of ether oxygens (including phenoxy) is 1. The van der Waals surface area contributed by atoms with E-state index in [1.165, 1.54) is 0 Å². The van der Waals surface area contributed by atoms with Crippen LogP contribution in [-0.2, 0) is 0 Å². The Bertz CT molecular complexity index is 359. The number of hydrogen-bond acceptors (Lipinski definition) is 4. The van der Waals surface area contributed by atoms with E-state index in [0.29, 0.717) is 0 Å². The van der Waals surface area contributed by atoms with Crippen LogP contribution in [0.15, 0.2) is 24.3 Å². The highest BCUT2D eigenvalue weighted by atomic mass is 32.2. The molecule has 0 bridgehead atoms. The van der Waals surface area contributed by atoms with Crippen molar-refractivity contribution in [2.75, 3.05) is 23.9 Å². The fourth-order valence-corrected chi connectivity index (χ4v) is 2.09. The number of methoxy groups -OCH3 is 1. The van der Waals surface area contributed by atoms with E-state index in [0.717, 1.165) is 29.4 Å².